The van der Waals surface area contributed by atoms with Gasteiger partial charge in [-0.2, -0.15) is 0 Å². The molecule has 0 N–H and O–H groups in total. The van der Waals surface area contributed by atoms with Gasteiger partial charge in [0.1, 0.15) is 5.75 Å². The van der Waals surface area contributed by atoms with E-state index in [1.165, 1.54) is 5.56 Å². The van der Waals surface area contributed by atoms with Crippen molar-refractivity contribution in [2.45, 2.75) is 27.3 Å². The second-order valence-corrected chi connectivity index (χ2v) is 8.89. The summed E-state index contributed by atoms with van der Waals surface area (Å²) in [5.41, 5.74) is 3.61. The third kappa shape index (κ3) is 6.87. The Labute approximate surface area is 220 Å². The van der Waals surface area contributed by atoms with Crippen LogP contribution in [0.5, 0.6) is 5.75 Å². The molecule has 37 heavy (non-hydrogen) atoms. The molecule has 1 aliphatic heterocycles. The molecule has 7 nitrogen and oxygen atoms in total. The molecule has 0 bridgehead atoms. The first-order valence-corrected chi connectivity index (χ1v) is 13.0. The minimum Gasteiger partial charge on any atom is -0.494 e. The van der Waals surface area contributed by atoms with Crippen LogP contribution in [0.2, 0.25) is 0 Å². The third-order valence-corrected chi connectivity index (χ3v) is 6.51. The van der Waals surface area contributed by atoms with E-state index in [0.717, 1.165) is 55.4 Å². The Morgan fingerprint density at radius 3 is 2.41 bits per heavy atom. The van der Waals surface area contributed by atoms with Crippen LogP contribution in [0, 0.1) is 11.8 Å². The van der Waals surface area contributed by atoms with Gasteiger partial charge in [-0.1, -0.05) is 36.1 Å². The predicted molar refractivity (Wildman–Crippen MR) is 147 cm³/mol. The predicted octanol–water partition coefficient (Wildman–Crippen LogP) is 4.08. The van der Waals surface area contributed by atoms with Crippen molar-refractivity contribution in [1.29, 1.82) is 0 Å². The molecule has 3 aromatic rings. The van der Waals surface area contributed by atoms with Gasteiger partial charge in [-0.15, -0.1) is 10.2 Å². The van der Waals surface area contributed by atoms with Crippen LogP contribution < -0.4 is 9.64 Å². The number of anilines is 1. The van der Waals surface area contributed by atoms with Crippen LogP contribution in [0.1, 0.15) is 48.0 Å². The molecule has 0 atom stereocenters. The summed E-state index contributed by atoms with van der Waals surface area (Å²) in [5, 5.41) is 8.56. The molecule has 0 aliphatic carbocycles. The minimum absolute atomic E-state index is 0.0716. The number of benzene rings is 2. The first-order chi connectivity index (χ1) is 18.1. The SMILES string of the molecule is CCOc1cccc(C#Cc2ccccc2CN2CCN(c3ccc(C(=O)N(CC)CC)nn3)CC2)c1. The first kappa shape index (κ1) is 26.2. The summed E-state index contributed by atoms with van der Waals surface area (Å²) in [4.78, 5) is 18.9. The minimum atomic E-state index is -0.0716. The summed E-state index contributed by atoms with van der Waals surface area (Å²) in [6.07, 6.45) is 0. The van der Waals surface area contributed by atoms with Crippen molar-refractivity contribution in [2.24, 2.45) is 0 Å². The smallest absolute Gasteiger partial charge is 0.274 e. The monoisotopic (exact) mass is 497 g/mol. The highest BCUT2D eigenvalue weighted by Crippen LogP contribution is 2.17. The van der Waals surface area contributed by atoms with Crippen LogP contribution in [0.15, 0.2) is 60.7 Å². The van der Waals surface area contributed by atoms with Crippen molar-refractivity contribution >= 4 is 11.7 Å². The van der Waals surface area contributed by atoms with E-state index in [4.69, 9.17) is 4.74 Å². The molecule has 1 saturated heterocycles. The summed E-state index contributed by atoms with van der Waals surface area (Å²) >= 11 is 0. The third-order valence-electron chi connectivity index (χ3n) is 6.51. The number of aromatic nitrogens is 2. The second kappa shape index (κ2) is 12.9. The molecular formula is C30H35N5O2. The molecule has 2 aromatic carbocycles. The zero-order valence-corrected chi connectivity index (χ0v) is 22.0. The van der Waals surface area contributed by atoms with E-state index in [0.29, 0.717) is 25.4 Å². The van der Waals surface area contributed by atoms with E-state index in [2.05, 4.69) is 50.0 Å². The molecule has 4 rings (SSSR count). The molecule has 1 fully saturated rings. The molecule has 192 valence electrons. The maximum absolute atomic E-state index is 12.5. The Balaban J connectivity index is 1.36. The topological polar surface area (TPSA) is 61.8 Å². The Bertz CT molecular complexity index is 1240. The lowest BCUT2D eigenvalue weighted by Crippen LogP contribution is -2.46. The zero-order valence-electron chi connectivity index (χ0n) is 22.0. The van der Waals surface area contributed by atoms with Gasteiger partial charge >= 0.3 is 0 Å². The van der Waals surface area contributed by atoms with Gasteiger partial charge in [0.25, 0.3) is 5.91 Å². The number of piperazine rings is 1. The van der Waals surface area contributed by atoms with E-state index in [1.54, 1.807) is 11.0 Å². The lowest BCUT2D eigenvalue weighted by molar-refractivity contribution is 0.0766. The van der Waals surface area contributed by atoms with Gasteiger partial charge in [0.2, 0.25) is 0 Å². The van der Waals surface area contributed by atoms with E-state index < -0.39 is 0 Å². The average molecular weight is 498 g/mol. The maximum atomic E-state index is 12.5. The lowest BCUT2D eigenvalue weighted by atomic mass is 10.1. The van der Waals surface area contributed by atoms with Crippen molar-refractivity contribution in [3.63, 3.8) is 0 Å². The van der Waals surface area contributed by atoms with Gasteiger partial charge in [0.05, 0.1) is 6.61 Å². The highest BCUT2D eigenvalue weighted by molar-refractivity contribution is 5.92. The van der Waals surface area contributed by atoms with E-state index >= 15 is 0 Å². The molecule has 0 spiro atoms. The number of carbonyl (C=O) groups excluding carboxylic acids is 1. The Morgan fingerprint density at radius 2 is 1.70 bits per heavy atom. The van der Waals surface area contributed by atoms with Crippen molar-refractivity contribution in [1.82, 2.24) is 20.0 Å². The number of rotatable bonds is 8. The van der Waals surface area contributed by atoms with Crippen molar-refractivity contribution in [2.75, 3.05) is 50.8 Å². The van der Waals surface area contributed by atoms with E-state index in [9.17, 15) is 4.79 Å². The van der Waals surface area contributed by atoms with Crippen LogP contribution in [0.25, 0.3) is 0 Å². The fraction of sp³-hybridized carbons (Fsp3) is 0.367. The van der Waals surface area contributed by atoms with Crippen molar-refractivity contribution in [3.05, 3.63) is 83.0 Å². The van der Waals surface area contributed by atoms with E-state index in [-0.39, 0.29) is 5.91 Å². The summed E-state index contributed by atoms with van der Waals surface area (Å²) in [6, 6.07) is 20.0. The van der Waals surface area contributed by atoms with Gasteiger partial charge in [-0.05, 0) is 62.7 Å². The van der Waals surface area contributed by atoms with Crippen LogP contribution in [0.4, 0.5) is 5.82 Å². The maximum Gasteiger partial charge on any atom is 0.274 e. The van der Waals surface area contributed by atoms with Crippen LogP contribution in [-0.2, 0) is 6.54 Å². The summed E-state index contributed by atoms with van der Waals surface area (Å²) in [6.45, 7) is 12.3. The van der Waals surface area contributed by atoms with Gasteiger partial charge in [-0.25, -0.2) is 0 Å². The van der Waals surface area contributed by atoms with Gasteiger partial charge in [0, 0.05) is 56.9 Å². The average Bonchev–Trinajstić information content (AvgIpc) is 2.94. The Morgan fingerprint density at radius 1 is 0.919 bits per heavy atom. The molecule has 0 radical (unpaired) electrons. The number of nitrogens with zero attached hydrogens (tertiary/aromatic N) is 5. The molecule has 1 aliphatic rings. The molecule has 0 unspecified atom stereocenters. The molecule has 0 saturated carbocycles. The zero-order chi connectivity index (χ0) is 26.0. The van der Waals surface area contributed by atoms with Crippen LogP contribution >= 0.6 is 0 Å². The van der Waals surface area contributed by atoms with Crippen molar-refractivity contribution in [3.8, 4) is 17.6 Å². The number of ether oxygens (including phenoxy) is 1. The normalized spacial score (nSPS) is 13.5. The summed E-state index contributed by atoms with van der Waals surface area (Å²) < 4.78 is 5.59. The standard InChI is InChI=1S/C30H35N5O2/c1-4-34(5-2)30(36)28-16-17-29(32-31-28)35-20-18-33(19-21-35)23-26-12-8-7-11-25(26)15-14-24-10-9-13-27(22-24)37-6-3/h7-13,16-17,22H,4-6,18-21,23H2,1-3H3. The quantitative estimate of drug-likeness (QED) is 0.437. The van der Waals surface area contributed by atoms with Crippen LogP contribution in [0.3, 0.4) is 0 Å². The highest BCUT2D eigenvalue weighted by atomic mass is 16.5. The fourth-order valence-electron chi connectivity index (χ4n) is 4.41. The molecule has 1 amide bonds. The molecule has 7 heteroatoms. The second-order valence-electron chi connectivity index (χ2n) is 8.89. The molecular weight excluding hydrogens is 462 g/mol. The molecule has 2 heterocycles. The summed E-state index contributed by atoms with van der Waals surface area (Å²) in [5.74, 6) is 8.24. The Kier molecular flexibility index (Phi) is 9.12. The van der Waals surface area contributed by atoms with E-state index in [1.807, 2.05) is 57.2 Å². The lowest BCUT2D eigenvalue weighted by Gasteiger charge is -2.35. The number of carbonyl (C=O) groups is 1. The van der Waals surface area contributed by atoms with Gasteiger partial charge in [-0.3, -0.25) is 9.69 Å². The van der Waals surface area contributed by atoms with Crippen LogP contribution in [-0.4, -0.2) is 71.8 Å². The number of amides is 1. The molecule has 1 aromatic heterocycles. The summed E-state index contributed by atoms with van der Waals surface area (Å²) in [7, 11) is 0. The number of hydrogen-bond donors (Lipinski definition) is 0. The van der Waals surface area contributed by atoms with Gasteiger partial charge in [0.15, 0.2) is 11.5 Å². The van der Waals surface area contributed by atoms with Gasteiger partial charge < -0.3 is 14.5 Å². The largest absolute Gasteiger partial charge is 0.494 e. The highest BCUT2D eigenvalue weighted by Gasteiger charge is 2.20. The van der Waals surface area contributed by atoms with Crippen molar-refractivity contribution < 1.29 is 9.53 Å². The number of hydrogen-bond acceptors (Lipinski definition) is 6. The Hall–Kier alpha value is -3.89. The first-order valence-electron chi connectivity index (χ1n) is 13.0. The fourth-order valence-corrected chi connectivity index (χ4v) is 4.41.